The van der Waals surface area contributed by atoms with Crippen molar-refractivity contribution < 1.29 is 23.5 Å². The fourth-order valence-corrected chi connectivity index (χ4v) is 3.36. The van der Waals surface area contributed by atoms with E-state index in [1.807, 2.05) is 0 Å². The van der Waals surface area contributed by atoms with Crippen molar-refractivity contribution in [3.05, 3.63) is 22.1 Å². The lowest BCUT2D eigenvalue weighted by molar-refractivity contribution is -0.141. The highest BCUT2D eigenvalue weighted by Crippen LogP contribution is 2.29. The summed E-state index contributed by atoms with van der Waals surface area (Å²) < 4.78 is 15.0. The average molecular weight is 327 g/mol. The lowest BCUT2D eigenvalue weighted by Gasteiger charge is -2.23. The molecular weight excluding hydrogens is 302 g/mol. The highest BCUT2D eigenvalue weighted by atomic mass is 16.6. The molecule has 0 spiro atoms. The molecular formula is C16H25NO6. The molecule has 2 N–H and O–H groups in total. The highest BCUT2D eigenvalue weighted by Gasteiger charge is 2.34. The second-order valence-corrected chi connectivity index (χ2v) is 6.19. The van der Waals surface area contributed by atoms with E-state index in [1.54, 1.807) is 14.0 Å². The summed E-state index contributed by atoms with van der Waals surface area (Å²) in [6, 6.07) is -0.637. The molecule has 0 aromatic carbocycles. The Hall–Kier alpha value is -1.60. The number of carboxylic acids is 1. The van der Waals surface area contributed by atoms with Crippen molar-refractivity contribution in [2.45, 2.75) is 45.1 Å². The molecule has 1 aromatic rings. The van der Waals surface area contributed by atoms with Gasteiger partial charge in [-0.2, -0.15) is 0 Å². The molecule has 1 fully saturated rings. The Morgan fingerprint density at radius 1 is 1.43 bits per heavy atom. The van der Waals surface area contributed by atoms with Gasteiger partial charge in [0.2, 0.25) is 0 Å². The van der Waals surface area contributed by atoms with E-state index in [2.05, 4.69) is 5.32 Å². The van der Waals surface area contributed by atoms with Crippen molar-refractivity contribution in [3.63, 3.8) is 0 Å². The molecule has 0 amide bonds. The van der Waals surface area contributed by atoms with Gasteiger partial charge in [-0.05, 0) is 51.0 Å². The summed E-state index contributed by atoms with van der Waals surface area (Å²) in [7, 11) is 1.68. The molecule has 0 saturated carbocycles. The molecule has 1 aromatic heterocycles. The van der Waals surface area contributed by atoms with Gasteiger partial charge in [-0.3, -0.25) is 4.79 Å². The van der Waals surface area contributed by atoms with E-state index in [1.165, 1.54) is 0 Å². The maximum atomic E-state index is 11.6. The first-order valence-electron chi connectivity index (χ1n) is 8.05. The summed E-state index contributed by atoms with van der Waals surface area (Å²) in [5, 5.41) is 12.6. The van der Waals surface area contributed by atoms with Crippen LogP contribution in [0.3, 0.4) is 0 Å². The summed E-state index contributed by atoms with van der Waals surface area (Å²) in [6.45, 7) is 3.06. The largest absolute Gasteiger partial charge is 0.519 e. The van der Waals surface area contributed by atoms with E-state index in [0.717, 1.165) is 25.7 Å². The van der Waals surface area contributed by atoms with Crippen LogP contribution in [0.5, 0.6) is 0 Å². The van der Waals surface area contributed by atoms with Crippen molar-refractivity contribution >= 4 is 5.97 Å². The van der Waals surface area contributed by atoms with Gasteiger partial charge in [0.05, 0.1) is 0 Å². The zero-order chi connectivity index (χ0) is 16.8. The van der Waals surface area contributed by atoms with Gasteiger partial charge >= 0.3 is 11.8 Å². The first-order chi connectivity index (χ1) is 11.0. The van der Waals surface area contributed by atoms with Crippen LogP contribution in [-0.4, -0.2) is 37.4 Å². The smallest absolute Gasteiger partial charge is 0.480 e. The first-order valence-corrected chi connectivity index (χ1v) is 8.05. The van der Waals surface area contributed by atoms with Crippen LogP contribution in [0.15, 0.2) is 13.6 Å². The molecule has 2 heterocycles. The van der Waals surface area contributed by atoms with Gasteiger partial charge in [-0.1, -0.05) is 0 Å². The van der Waals surface area contributed by atoms with Crippen LogP contribution in [0.1, 0.15) is 37.2 Å². The van der Waals surface area contributed by atoms with Crippen LogP contribution in [0.4, 0.5) is 0 Å². The predicted molar refractivity (Wildman–Crippen MR) is 82.4 cm³/mol. The van der Waals surface area contributed by atoms with Crippen molar-refractivity contribution in [2.75, 3.05) is 20.3 Å². The average Bonchev–Trinajstić information content (AvgIpc) is 2.69. The molecule has 0 radical (unpaired) electrons. The Morgan fingerprint density at radius 2 is 2.22 bits per heavy atom. The zero-order valence-electron chi connectivity index (χ0n) is 13.7. The third kappa shape index (κ3) is 4.94. The number of aliphatic carboxylic acids is 1. The maximum absolute atomic E-state index is 11.6. The van der Waals surface area contributed by atoms with E-state index in [-0.39, 0.29) is 5.92 Å². The normalized spacial score (nSPS) is 25.2. The summed E-state index contributed by atoms with van der Waals surface area (Å²) >= 11 is 0. The van der Waals surface area contributed by atoms with E-state index in [0.29, 0.717) is 37.0 Å². The fraction of sp³-hybridized carbons (Fsp3) is 0.750. The number of carbonyl (C=O) groups is 1. The predicted octanol–water partition coefficient (Wildman–Crippen LogP) is 1.58. The molecule has 1 saturated heterocycles. The molecule has 1 aliphatic rings. The van der Waals surface area contributed by atoms with Gasteiger partial charge in [0, 0.05) is 20.1 Å². The van der Waals surface area contributed by atoms with Crippen LogP contribution in [0.25, 0.3) is 0 Å². The molecule has 2 rings (SSSR count). The van der Waals surface area contributed by atoms with Gasteiger partial charge in [-0.15, -0.1) is 0 Å². The third-order valence-corrected chi connectivity index (χ3v) is 4.53. The Morgan fingerprint density at radius 3 is 2.83 bits per heavy atom. The molecule has 130 valence electrons. The lowest BCUT2D eigenvalue weighted by atomic mass is 9.84. The second-order valence-electron chi connectivity index (χ2n) is 6.19. The summed E-state index contributed by atoms with van der Waals surface area (Å²) in [6.07, 6.45) is 4.08. The molecule has 1 aliphatic heterocycles. The molecule has 7 nitrogen and oxygen atoms in total. The van der Waals surface area contributed by atoms with Crippen LogP contribution in [0, 0.1) is 18.8 Å². The Bertz CT molecular complexity index is 563. The molecule has 7 heteroatoms. The monoisotopic (exact) mass is 327 g/mol. The van der Waals surface area contributed by atoms with Gasteiger partial charge in [-0.25, -0.2) is 4.79 Å². The minimum atomic E-state index is -0.865. The topological polar surface area (TPSA) is 102 Å². The number of aryl methyl sites for hydroxylation is 1. The van der Waals surface area contributed by atoms with Gasteiger partial charge in [0.15, 0.2) is 0 Å². The standard InChI is InChI=1S/C16H25NO6/c1-10-13(23-16(20)22-10)9-12-8-11(4-3-7-21-2)5-6-17-14(12)15(18)19/h11-12,14,17H,3-9H2,1-2H3,(H,18,19). The van der Waals surface area contributed by atoms with E-state index in [9.17, 15) is 14.7 Å². The van der Waals surface area contributed by atoms with Gasteiger partial charge < -0.3 is 24.0 Å². The highest BCUT2D eigenvalue weighted by molar-refractivity contribution is 5.74. The number of hydrogen-bond donors (Lipinski definition) is 2. The van der Waals surface area contributed by atoms with Crippen molar-refractivity contribution in [1.29, 1.82) is 0 Å². The van der Waals surface area contributed by atoms with Crippen LogP contribution in [0.2, 0.25) is 0 Å². The number of hydrogen-bond acceptors (Lipinski definition) is 6. The minimum absolute atomic E-state index is 0.137. The zero-order valence-corrected chi connectivity index (χ0v) is 13.7. The summed E-state index contributed by atoms with van der Waals surface area (Å²) in [4.78, 5) is 22.8. The number of ether oxygens (including phenoxy) is 1. The fourth-order valence-electron chi connectivity index (χ4n) is 3.36. The minimum Gasteiger partial charge on any atom is -0.480 e. The first kappa shape index (κ1) is 17.7. The Balaban J connectivity index is 2.09. The molecule has 0 bridgehead atoms. The number of carboxylic acid groups (broad SMARTS) is 1. The van der Waals surface area contributed by atoms with Crippen molar-refractivity contribution in [3.8, 4) is 0 Å². The van der Waals surface area contributed by atoms with E-state index in [4.69, 9.17) is 13.6 Å². The Kier molecular flexibility index (Phi) is 6.41. The number of rotatable bonds is 7. The third-order valence-electron chi connectivity index (χ3n) is 4.53. The summed E-state index contributed by atoms with van der Waals surface area (Å²) in [5.41, 5.74) is 0. The van der Waals surface area contributed by atoms with Gasteiger partial charge in [0.1, 0.15) is 17.6 Å². The van der Waals surface area contributed by atoms with Crippen LogP contribution >= 0.6 is 0 Å². The molecule has 3 atom stereocenters. The quantitative estimate of drug-likeness (QED) is 0.733. The molecule has 23 heavy (non-hydrogen) atoms. The van der Waals surface area contributed by atoms with Gasteiger partial charge in [0.25, 0.3) is 0 Å². The van der Waals surface area contributed by atoms with Crippen LogP contribution in [-0.2, 0) is 16.0 Å². The van der Waals surface area contributed by atoms with Crippen molar-refractivity contribution in [1.82, 2.24) is 5.32 Å². The maximum Gasteiger partial charge on any atom is 0.519 e. The second kappa shape index (κ2) is 8.31. The summed E-state index contributed by atoms with van der Waals surface area (Å²) in [5.74, 6) is -0.420. The van der Waals surface area contributed by atoms with E-state index < -0.39 is 17.8 Å². The number of nitrogens with one attached hydrogen (secondary N) is 1. The number of methoxy groups -OCH3 is 1. The van der Waals surface area contributed by atoms with Crippen molar-refractivity contribution in [2.24, 2.45) is 11.8 Å². The van der Waals surface area contributed by atoms with E-state index >= 15 is 0 Å². The molecule has 3 unspecified atom stereocenters. The van der Waals surface area contributed by atoms with Crippen LogP contribution < -0.4 is 11.1 Å². The molecule has 0 aliphatic carbocycles. The lowest BCUT2D eigenvalue weighted by Crippen LogP contribution is -2.42. The SMILES string of the molecule is COCCCC1CCNC(C(=O)O)C(Cc2oc(=O)oc2C)C1. The Labute approximate surface area is 135 Å².